The van der Waals surface area contributed by atoms with Gasteiger partial charge in [0.15, 0.2) is 0 Å². The largest absolute Gasteiger partial charge is 0.458 e. The van der Waals surface area contributed by atoms with Crippen LogP contribution in [-0.4, -0.2) is 22.8 Å². The van der Waals surface area contributed by atoms with Crippen LogP contribution in [0.5, 0.6) is 0 Å². The van der Waals surface area contributed by atoms with Crippen molar-refractivity contribution >= 4 is 29.2 Å². The lowest BCUT2D eigenvalue weighted by Crippen LogP contribution is -2.38. The second-order valence-electron chi connectivity index (χ2n) is 11.0. The van der Waals surface area contributed by atoms with Crippen molar-refractivity contribution in [3.8, 4) is 6.07 Å². The summed E-state index contributed by atoms with van der Waals surface area (Å²) in [4.78, 5) is 30.8. The molecule has 1 fully saturated rings. The van der Waals surface area contributed by atoms with Crippen molar-refractivity contribution in [2.45, 2.75) is 99.5 Å². The third-order valence-corrected chi connectivity index (χ3v) is 8.14. The summed E-state index contributed by atoms with van der Waals surface area (Å²) < 4.78 is 5.95. The Morgan fingerprint density at radius 3 is 2.47 bits per heavy atom. The van der Waals surface area contributed by atoms with Gasteiger partial charge in [0.2, 0.25) is 0 Å². The van der Waals surface area contributed by atoms with Crippen molar-refractivity contribution in [1.29, 1.82) is 5.26 Å². The van der Waals surface area contributed by atoms with E-state index in [9.17, 15) is 14.9 Å². The Hall–Kier alpha value is -2.00. The number of hydrogen-bond donors (Lipinski definition) is 0. The van der Waals surface area contributed by atoms with E-state index < -0.39 is 17.3 Å². The fourth-order valence-electron chi connectivity index (χ4n) is 5.02. The Labute approximate surface area is 210 Å². The molecule has 34 heavy (non-hydrogen) atoms. The van der Waals surface area contributed by atoms with E-state index in [0.29, 0.717) is 11.8 Å². The Morgan fingerprint density at radius 2 is 1.85 bits per heavy atom. The zero-order valence-corrected chi connectivity index (χ0v) is 22.8. The molecule has 5 nitrogen and oxygen atoms in total. The molecule has 0 saturated carbocycles. The molecule has 0 amide bonds. The van der Waals surface area contributed by atoms with Gasteiger partial charge in [0, 0.05) is 16.7 Å². The number of nitriles is 1. The number of Topliss-reactive ketones (excluding diaryl/α,β-unsaturated/α-hetero) is 1. The summed E-state index contributed by atoms with van der Waals surface area (Å²) in [6, 6.07) is 2.24. The predicted molar refractivity (Wildman–Crippen MR) is 138 cm³/mol. The number of ketones is 1. The molecule has 0 spiro atoms. The highest BCUT2D eigenvalue weighted by atomic mass is 32.1. The Kier molecular flexibility index (Phi) is 10.5. The monoisotopic (exact) mass is 486 g/mol. The molecule has 1 aliphatic heterocycles. The lowest BCUT2D eigenvalue weighted by atomic mass is 9.70. The normalized spacial score (nSPS) is 30.4. The number of hydrogen-bond acceptors (Lipinski definition) is 6. The molecule has 0 N–H and O–H groups in total. The van der Waals surface area contributed by atoms with Gasteiger partial charge in [0.05, 0.1) is 29.1 Å². The van der Waals surface area contributed by atoms with Gasteiger partial charge >= 0.3 is 5.97 Å². The molecule has 1 aromatic rings. The topological polar surface area (TPSA) is 80.0 Å². The first kappa shape index (κ1) is 28.2. The van der Waals surface area contributed by atoms with E-state index in [-0.39, 0.29) is 24.2 Å². The van der Waals surface area contributed by atoms with Crippen LogP contribution < -0.4 is 0 Å². The first-order valence-corrected chi connectivity index (χ1v) is 13.6. The molecule has 1 saturated heterocycles. The van der Waals surface area contributed by atoms with Gasteiger partial charge in [-0.15, -0.1) is 11.3 Å². The number of nitrogens with zero attached hydrogens (tertiary/aromatic N) is 2. The molecular weight excluding hydrogens is 444 g/mol. The summed E-state index contributed by atoms with van der Waals surface area (Å²) in [7, 11) is 0. The quantitative estimate of drug-likeness (QED) is 0.414. The summed E-state index contributed by atoms with van der Waals surface area (Å²) >= 11 is 1.59. The molecule has 0 aliphatic carbocycles. The molecule has 6 heteroatoms. The van der Waals surface area contributed by atoms with Crippen LogP contribution in [-0.2, 0) is 14.3 Å². The Bertz CT molecular complexity index is 911. The van der Waals surface area contributed by atoms with Gasteiger partial charge in [-0.25, -0.2) is 4.98 Å². The SMILES string of the molecule is C/C(=C\c1csc(C)n1)[C@@H]1CC[C@@H](C)CCC[C@H](C)C[C@@H](C)C(=O)C(C)(C)[C@@H](C#N)CC(=O)O1. The number of thiazole rings is 1. The molecule has 2 rings (SSSR count). The molecule has 0 radical (unpaired) electrons. The number of ether oxygens (including phenoxy) is 1. The maximum atomic E-state index is 13.3. The predicted octanol–water partition coefficient (Wildman–Crippen LogP) is 7.15. The maximum absolute atomic E-state index is 13.3. The van der Waals surface area contributed by atoms with E-state index in [0.717, 1.165) is 54.8 Å². The summed E-state index contributed by atoms with van der Waals surface area (Å²) in [6.45, 7) is 14.0. The van der Waals surface area contributed by atoms with Crippen molar-refractivity contribution < 1.29 is 14.3 Å². The van der Waals surface area contributed by atoms with Gasteiger partial charge in [-0.3, -0.25) is 9.59 Å². The van der Waals surface area contributed by atoms with Gasteiger partial charge in [-0.05, 0) is 56.6 Å². The van der Waals surface area contributed by atoms with Crippen LogP contribution in [0.15, 0.2) is 11.0 Å². The molecule has 5 atom stereocenters. The van der Waals surface area contributed by atoms with Crippen molar-refractivity contribution in [2.24, 2.45) is 29.1 Å². The maximum Gasteiger partial charge on any atom is 0.307 e. The van der Waals surface area contributed by atoms with E-state index >= 15 is 0 Å². The van der Waals surface area contributed by atoms with E-state index in [1.54, 1.807) is 25.2 Å². The minimum absolute atomic E-state index is 0.0608. The fraction of sp³-hybridized carbons (Fsp3) is 0.714. The Morgan fingerprint density at radius 1 is 1.18 bits per heavy atom. The first-order chi connectivity index (χ1) is 15.9. The molecule has 188 valence electrons. The highest BCUT2D eigenvalue weighted by Crippen LogP contribution is 2.36. The van der Waals surface area contributed by atoms with E-state index in [4.69, 9.17) is 4.74 Å². The van der Waals surface area contributed by atoms with Crippen LogP contribution in [0.4, 0.5) is 0 Å². The molecule has 1 aliphatic rings. The zero-order chi connectivity index (χ0) is 25.5. The Balaban J connectivity index is 2.29. The van der Waals surface area contributed by atoms with Gasteiger partial charge in [0.1, 0.15) is 11.9 Å². The molecule has 0 aromatic carbocycles. The van der Waals surface area contributed by atoms with Crippen molar-refractivity contribution in [2.75, 3.05) is 0 Å². The van der Waals surface area contributed by atoms with Crippen LogP contribution in [0.1, 0.15) is 97.2 Å². The number of esters is 1. The van der Waals surface area contributed by atoms with Gasteiger partial charge < -0.3 is 4.74 Å². The number of aromatic nitrogens is 1. The van der Waals surface area contributed by atoms with Gasteiger partial charge in [0.25, 0.3) is 0 Å². The minimum atomic E-state index is -0.906. The first-order valence-electron chi connectivity index (χ1n) is 12.7. The van der Waals surface area contributed by atoms with Gasteiger partial charge in [-0.2, -0.15) is 5.26 Å². The lowest BCUT2D eigenvalue weighted by molar-refractivity contribution is -0.150. The third-order valence-electron chi connectivity index (χ3n) is 7.35. The minimum Gasteiger partial charge on any atom is -0.458 e. The number of cyclic esters (lactones) is 1. The summed E-state index contributed by atoms with van der Waals surface area (Å²) in [5, 5.41) is 12.9. The lowest BCUT2D eigenvalue weighted by Gasteiger charge is -2.32. The van der Waals surface area contributed by atoms with Crippen LogP contribution in [0.2, 0.25) is 0 Å². The highest BCUT2D eigenvalue weighted by molar-refractivity contribution is 7.09. The van der Waals surface area contributed by atoms with Crippen LogP contribution >= 0.6 is 11.3 Å². The number of aryl methyl sites for hydroxylation is 1. The standard InChI is InChI=1S/C28H42N2O3S/c1-18-9-8-10-19(2)13-21(4)27(32)28(6,7)23(16-29)15-26(31)33-25(12-11-18)20(3)14-24-17-34-22(5)30-24/h14,17-19,21,23,25H,8-13,15H2,1-7H3/b20-14+/t18-,19-,21+,23+,25-/m0/s1. The highest BCUT2D eigenvalue weighted by Gasteiger charge is 2.41. The summed E-state index contributed by atoms with van der Waals surface area (Å²) in [5.41, 5.74) is 0.927. The van der Waals surface area contributed by atoms with Crippen LogP contribution in [0.3, 0.4) is 0 Å². The number of carbonyl (C=O) groups excluding carboxylic acids is 2. The molecule has 2 heterocycles. The van der Waals surface area contributed by atoms with Crippen molar-refractivity contribution in [3.63, 3.8) is 0 Å². The number of rotatable bonds is 2. The molecule has 1 aromatic heterocycles. The van der Waals surface area contributed by atoms with Crippen LogP contribution in [0, 0.1) is 47.3 Å². The smallest absolute Gasteiger partial charge is 0.307 e. The molecule has 0 bridgehead atoms. The van der Waals surface area contributed by atoms with Crippen molar-refractivity contribution in [1.82, 2.24) is 4.98 Å². The zero-order valence-electron chi connectivity index (χ0n) is 22.0. The molecule has 0 unspecified atom stereocenters. The summed E-state index contributed by atoms with van der Waals surface area (Å²) in [6.07, 6.45) is 7.44. The second-order valence-corrected chi connectivity index (χ2v) is 12.0. The van der Waals surface area contributed by atoms with Crippen LogP contribution in [0.25, 0.3) is 6.08 Å². The van der Waals surface area contributed by atoms with E-state index in [1.807, 2.05) is 32.2 Å². The third kappa shape index (κ3) is 8.05. The average Bonchev–Trinajstić information content (AvgIpc) is 3.17. The summed E-state index contributed by atoms with van der Waals surface area (Å²) in [5.74, 6) is -0.226. The van der Waals surface area contributed by atoms with Gasteiger partial charge in [-0.1, -0.05) is 53.9 Å². The van der Waals surface area contributed by atoms with Crippen molar-refractivity contribution in [3.05, 3.63) is 21.7 Å². The fourth-order valence-corrected chi connectivity index (χ4v) is 5.59. The average molecular weight is 487 g/mol. The van der Waals surface area contributed by atoms with E-state index in [2.05, 4.69) is 24.9 Å². The number of carbonyl (C=O) groups is 2. The second kappa shape index (κ2) is 12.6. The van der Waals surface area contributed by atoms with E-state index in [1.165, 1.54) is 0 Å². The molecular formula is C28H42N2O3S.